The minimum Gasteiger partial charge on any atom is -0.396 e. The fourth-order valence-electron chi connectivity index (χ4n) is 3.67. The fourth-order valence-corrected chi connectivity index (χ4v) is 4.94. The molecule has 0 bridgehead atoms. The van der Waals surface area contributed by atoms with Crippen molar-refractivity contribution in [3.05, 3.63) is 34.9 Å². The van der Waals surface area contributed by atoms with Crippen molar-refractivity contribution >= 4 is 11.8 Å². The Bertz CT molecular complexity index is 477. The molecule has 1 aliphatic carbocycles. The predicted octanol–water partition coefficient (Wildman–Crippen LogP) is 4.53. The van der Waals surface area contributed by atoms with Crippen LogP contribution in [0.15, 0.2) is 18.2 Å². The number of rotatable bonds is 11. The van der Waals surface area contributed by atoms with Gasteiger partial charge in [0.25, 0.3) is 0 Å². The van der Waals surface area contributed by atoms with Crippen LogP contribution < -0.4 is 5.73 Å². The van der Waals surface area contributed by atoms with Crippen molar-refractivity contribution < 1.29 is 5.11 Å². The lowest BCUT2D eigenvalue weighted by molar-refractivity contribution is 0.281. The molecule has 136 valence electrons. The van der Waals surface area contributed by atoms with Gasteiger partial charge < -0.3 is 10.8 Å². The average molecular weight is 350 g/mol. The first-order chi connectivity index (χ1) is 11.8. The summed E-state index contributed by atoms with van der Waals surface area (Å²) in [7, 11) is 0. The first-order valence-electron chi connectivity index (χ1n) is 9.78. The van der Waals surface area contributed by atoms with Crippen molar-refractivity contribution in [1.82, 2.24) is 0 Å². The number of fused-ring (bicyclic) bond motifs is 1. The molecule has 2 nitrogen and oxygen atoms in total. The average Bonchev–Trinajstić information content (AvgIpc) is 2.62. The molecule has 0 amide bonds. The van der Waals surface area contributed by atoms with Crippen LogP contribution in [0.25, 0.3) is 0 Å². The van der Waals surface area contributed by atoms with Gasteiger partial charge in [-0.3, -0.25) is 0 Å². The van der Waals surface area contributed by atoms with E-state index in [-0.39, 0.29) is 0 Å². The number of hydrogen-bond donors (Lipinski definition) is 2. The molecule has 1 aromatic rings. The molecule has 3 heteroatoms. The molecule has 0 spiro atoms. The van der Waals surface area contributed by atoms with E-state index >= 15 is 0 Å². The number of unbranched alkanes of at least 4 members (excludes halogenated alkanes) is 2. The first-order valence-corrected chi connectivity index (χ1v) is 10.9. The summed E-state index contributed by atoms with van der Waals surface area (Å²) in [4.78, 5) is 0. The second kappa shape index (κ2) is 11.2. The number of nitrogens with two attached hydrogens (primary N) is 1. The maximum atomic E-state index is 8.96. The van der Waals surface area contributed by atoms with Crippen molar-refractivity contribution in [3.63, 3.8) is 0 Å². The lowest BCUT2D eigenvalue weighted by Gasteiger charge is -2.26. The van der Waals surface area contributed by atoms with E-state index in [2.05, 4.69) is 36.9 Å². The Morgan fingerprint density at radius 1 is 1.25 bits per heavy atom. The van der Waals surface area contributed by atoms with Crippen molar-refractivity contribution in [2.24, 2.45) is 11.7 Å². The normalized spacial score (nSPS) is 18.4. The summed E-state index contributed by atoms with van der Waals surface area (Å²) in [6.45, 7) is 3.27. The molecule has 2 rings (SSSR count). The van der Waals surface area contributed by atoms with Gasteiger partial charge in [0.2, 0.25) is 0 Å². The van der Waals surface area contributed by atoms with E-state index < -0.39 is 0 Å². The van der Waals surface area contributed by atoms with E-state index in [9.17, 15) is 0 Å². The standard InChI is InChI=1S/C21H35NOS/c1-2-3-12-24-16-17-7-8-19-14-20(10-9-18(19)13-17)21(15-22)6-4-5-11-23/h9-10,14,17,21,23H,2-8,11-13,15-16,22H2,1H3/t17-,21-/m0/s1. The topological polar surface area (TPSA) is 46.2 Å². The van der Waals surface area contributed by atoms with Crippen LogP contribution in [0, 0.1) is 5.92 Å². The highest BCUT2D eigenvalue weighted by atomic mass is 32.2. The Labute approximate surface area is 152 Å². The summed E-state index contributed by atoms with van der Waals surface area (Å²) in [5.41, 5.74) is 10.5. The second-order valence-electron chi connectivity index (χ2n) is 7.22. The molecule has 0 radical (unpaired) electrons. The van der Waals surface area contributed by atoms with Crippen LogP contribution in [-0.2, 0) is 12.8 Å². The summed E-state index contributed by atoms with van der Waals surface area (Å²) in [5, 5.41) is 8.96. The Balaban J connectivity index is 1.90. The number of aliphatic hydroxyl groups is 1. The van der Waals surface area contributed by atoms with Gasteiger partial charge >= 0.3 is 0 Å². The van der Waals surface area contributed by atoms with E-state index in [1.165, 1.54) is 49.2 Å². The van der Waals surface area contributed by atoms with Gasteiger partial charge in [-0.15, -0.1) is 0 Å². The number of thioether (sulfide) groups is 1. The SMILES string of the molecule is CCCCSC[C@H]1CCc2cc([C@H](CN)CCCCO)ccc2C1. The van der Waals surface area contributed by atoms with Crippen LogP contribution in [-0.4, -0.2) is 29.8 Å². The van der Waals surface area contributed by atoms with Crippen LogP contribution in [0.3, 0.4) is 0 Å². The molecule has 24 heavy (non-hydrogen) atoms. The van der Waals surface area contributed by atoms with E-state index in [1.807, 2.05) is 0 Å². The molecule has 0 heterocycles. The highest BCUT2D eigenvalue weighted by Gasteiger charge is 2.20. The molecular weight excluding hydrogens is 314 g/mol. The van der Waals surface area contributed by atoms with Crippen LogP contribution >= 0.6 is 11.8 Å². The van der Waals surface area contributed by atoms with Crippen LogP contribution in [0.1, 0.15) is 68.1 Å². The molecule has 2 atom stereocenters. The predicted molar refractivity (Wildman–Crippen MR) is 107 cm³/mol. The van der Waals surface area contributed by atoms with Gasteiger partial charge in [0, 0.05) is 6.61 Å². The quantitative estimate of drug-likeness (QED) is 0.577. The summed E-state index contributed by atoms with van der Waals surface area (Å²) < 4.78 is 0. The van der Waals surface area contributed by atoms with Crippen molar-refractivity contribution in [2.75, 3.05) is 24.7 Å². The first kappa shape index (κ1) is 19.8. The Kier molecular flexibility index (Phi) is 9.22. The summed E-state index contributed by atoms with van der Waals surface area (Å²) in [6, 6.07) is 7.09. The minimum absolute atomic E-state index is 0.291. The van der Waals surface area contributed by atoms with Gasteiger partial charge in [-0.05, 0) is 85.1 Å². The highest BCUT2D eigenvalue weighted by molar-refractivity contribution is 7.99. The molecule has 0 aliphatic heterocycles. The van der Waals surface area contributed by atoms with E-state index in [4.69, 9.17) is 10.8 Å². The van der Waals surface area contributed by atoms with Gasteiger partial charge in [-0.1, -0.05) is 38.0 Å². The molecule has 0 aromatic heterocycles. The van der Waals surface area contributed by atoms with Crippen molar-refractivity contribution in [2.45, 2.75) is 64.2 Å². The molecule has 3 N–H and O–H groups in total. The summed E-state index contributed by atoms with van der Waals surface area (Å²) in [5.74, 6) is 3.96. The highest BCUT2D eigenvalue weighted by Crippen LogP contribution is 2.31. The molecule has 0 unspecified atom stereocenters. The second-order valence-corrected chi connectivity index (χ2v) is 8.37. The Morgan fingerprint density at radius 2 is 2.12 bits per heavy atom. The fraction of sp³-hybridized carbons (Fsp3) is 0.714. The number of aliphatic hydroxyl groups excluding tert-OH is 1. The van der Waals surface area contributed by atoms with Crippen LogP contribution in [0.4, 0.5) is 0 Å². The minimum atomic E-state index is 0.291. The van der Waals surface area contributed by atoms with Gasteiger partial charge in [0.1, 0.15) is 0 Å². The monoisotopic (exact) mass is 349 g/mol. The Morgan fingerprint density at radius 3 is 2.88 bits per heavy atom. The van der Waals surface area contributed by atoms with Gasteiger partial charge in [-0.2, -0.15) is 11.8 Å². The number of aryl methyl sites for hydroxylation is 1. The third kappa shape index (κ3) is 6.09. The zero-order valence-corrected chi connectivity index (χ0v) is 16.1. The summed E-state index contributed by atoms with van der Waals surface area (Å²) in [6.07, 6.45) is 9.53. The zero-order chi connectivity index (χ0) is 17.2. The molecule has 0 fully saturated rings. The smallest absolute Gasteiger partial charge is 0.0431 e. The van der Waals surface area contributed by atoms with Crippen molar-refractivity contribution in [1.29, 1.82) is 0 Å². The van der Waals surface area contributed by atoms with Gasteiger partial charge in [0.05, 0.1) is 0 Å². The maximum Gasteiger partial charge on any atom is 0.0431 e. The molecule has 1 aromatic carbocycles. The molecular formula is C21H35NOS. The van der Waals surface area contributed by atoms with Crippen LogP contribution in [0.5, 0.6) is 0 Å². The Hall–Kier alpha value is -0.510. The third-order valence-electron chi connectivity index (χ3n) is 5.27. The third-order valence-corrected chi connectivity index (χ3v) is 6.56. The van der Waals surface area contributed by atoms with Crippen molar-refractivity contribution in [3.8, 4) is 0 Å². The van der Waals surface area contributed by atoms with Gasteiger partial charge in [-0.25, -0.2) is 0 Å². The maximum absolute atomic E-state index is 8.96. The van der Waals surface area contributed by atoms with E-state index in [1.54, 1.807) is 11.1 Å². The lowest BCUT2D eigenvalue weighted by atomic mass is 9.82. The number of hydrogen-bond acceptors (Lipinski definition) is 3. The lowest BCUT2D eigenvalue weighted by Crippen LogP contribution is -2.18. The zero-order valence-electron chi connectivity index (χ0n) is 15.3. The summed E-state index contributed by atoms with van der Waals surface area (Å²) >= 11 is 2.14. The molecule has 0 saturated heterocycles. The molecule has 0 saturated carbocycles. The van der Waals surface area contributed by atoms with E-state index in [0.717, 1.165) is 25.2 Å². The number of benzene rings is 1. The van der Waals surface area contributed by atoms with Gasteiger partial charge in [0.15, 0.2) is 0 Å². The molecule has 1 aliphatic rings. The van der Waals surface area contributed by atoms with E-state index in [0.29, 0.717) is 19.1 Å². The van der Waals surface area contributed by atoms with Crippen LogP contribution in [0.2, 0.25) is 0 Å². The largest absolute Gasteiger partial charge is 0.396 e.